The minimum atomic E-state index is 0.424. The van der Waals surface area contributed by atoms with Crippen molar-refractivity contribution in [2.24, 2.45) is 0 Å². The van der Waals surface area contributed by atoms with E-state index in [0.717, 1.165) is 21.7 Å². The topological polar surface area (TPSA) is 38.1 Å². The second-order valence-corrected chi connectivity index (χ2v) is 5.53. The molecule has 4 heteroatoms. The molecular weight excluding hydrogens is 292 g/mol. The average molecular weight is 309 g/mol. The van der Waals surface area contributed by atoms with Gasteiger partial charge in [0.1, 0.15) is 0 Å². The molecular formula is C14H17BrN2O. The predicted octanol–water partition coefficient (Wildman–Crippen LogP) is 3.91. The molecule has 0 aliphatic heterocycles. The smallest absolute Gasteiger partial charge is 0.208 e. The first kappa shape index (κ1) is 13.3. The zero-order valence-corrected chi connectivity index (χ0v) is 12.4. The first-order valence-electron chi connectivity index (χ1n) is 6.01. The number of hydrogen-bond donors (Lipinski definition) is 1. The third kappa shape index (κ3) is 3.21. The highest BCUT2D eigenvalue weighted by molar-refractivity contribution is 9.10. The molecule has 0 saturated heterocycles. The van der Waals surface area contributed by atoms with E-state index >= 15 is 0 Å². The van der Waals surface area contributed by atoms with Crippen LogP contribution in [0.4, 0.5) is 0 Å². The lowest BCUT2D eigenvalue weighted by Crippen LogP contribution is -2.21. The van der Waals surface area contributed by atoms with E-state index in [9.17, 15) is 0 Å². The minimum absolute atomic E-state index is 0.424. The molecule has 1 heterocycles. The molecule has 3 nitrogen and oxygen atoms in total. The van der Waals surface area contributed by atoms with Crippen molar-refractivity contribution >= 4 is 15.9 Å². The van der Waals surface area contributed by atoms with Gasteiger partial charge in [-0.2, -0.15) is 0 Å². The van der Waals surface area contributed by atoms with Crippen LogP contribution in [0, 0.1) is 6.92 Å². The Morgan fingerprint density at radius 1 is 1.39 bits per heavy atom. The van der Waals surface area contributed by atoms with Gasteiger partial charge in [0.25, 0.3) is 0 Å². The maximum Gasteiger partial charge on any atom is 0.208 e. The molecule has 0 fully saturated rings. The summed E-state index contributed by atoms with van der Waals surface area (Å²) in [4.78, 5) is 4.29. The van der Waals surface area contributed by atoms with Crippen LogP contribution in [0.1, 0.15) is 25.3 Å². The number of aryl methyl sites for hydroxylation is 1. The van der Waals surface area contributed by atoms with Crippen LogP contribution >= 0.6 is 15.9 Å². The van der Waals surface area contributed by atoms with E-state index in [1.54, 1.807) is 6.20 Å². The monoisotopic (exact) mass is 308 g/mol. The van der Waals surface area contributed by atoms with Gasteiger partial charge in [-0.3, -0.25) is 0 Å². The Morgan fingerprint density at radius 3 is 2.89 bits per heavy atom. The number of rotatable bonds is 4. The number of aromatic nitrogens is 1. The fourth-order valence-electron chi connectivity index (χ4n) is 1.67. The summed E-state index contributed by atoms with van der Waals surface area (Å²) in [7, 11) is 0. The Kier molecular flexibility index (Phi) is 4.19. The van der Waals surface area contributed by atoms with Crippen LogP contribution in [0.15, 0.2) is 33.3 Å². The number of oxazole rings is 1. The Morgan fingerprint density at radius 2 is 2.17 bits per heavy atom. The van der Waals surface area contributed by atoms with Gasteiger partial charge >= 0.3 is 0 Å². The van der Waals surface area contributed by atoms with Crippen molar-refractivity contribution in [3.05, 3.63) is 40.3 Å². The van der Waals surface area contributed by atoms with Gasteiger partial charge in [-0.15, -0.1) is 0 Å². The quantitative estimate of drug-likeness (QED) is 0.930. The number of nitrogens with one attached hydrogen (secondary N) is 1. The first-order valence-corrected chi connectivity index (χ1v) is 6.80. The molecule has 1 N–H and O–H groups in total. The lowest BCUT2D eigenvalue weighted by atomic mass is 10.1. The minimum Gasteiger partial charge on any atom is -0.439 e. The van der Waals surface area contributed by atoms with Gasteiger partial charge in [0.05, 0.1) is 12.7 Å². The second-order valence-electron chi connectivity index (χ2n) is 4.61. The van der Waals surface area contributed by atoms with Gasteiger partial charge in [0.2, 0.25) is 5.89 Å². The van der Waals surface area contributed by atoms with Gasteiger partial charge in [-0.05, 0) is 24.6 Å². The van der Waals surface area contributed by atoms with E-state index in [4.69, 9.17) is 4.42 Å². The molecule has 0 aliphatic rings. The Bertz CT molecular complexity index is 534. The van der Waals surface area contributed by atoms with Crippen molar-refractivity contribution < 1.29 is 4.42 Å². The molecule has 2 rings (SSSR count). The summed E-state index contributed by atoms with van der Waals surface area (Å²) < 4.78 is 6.80. The molecule has 0 bridgehead atoms. The van der Waals surface area contributed by atoms with Crippen LogP contribution in [0.3, 0.4) is 0 Å². The fraction of sp³-hybridized carbons (Fsp3) is 0.357. The summed E-state index contributed by atoms with van der Waals surface area (Å²) in [6, 6.07) is 6.56. The van der Waals surface area contributed by atoms with Crippen molar-refractivity contribution in [1.29, 1.82) is 0 Å². The summed E-state index contributed by atoms with van der Waals surface area (Å²) in [5, 5.41) is 3.29. The molecule has 0 unspecified atom stereocenters. The summed E-state index contributed by atoms with van der Waals surface area (Å²) in [6.45, 7) is 6.92. The molecule has 0 saturated carbocycles. The summed E-state index contributed by atoms with van der Waals surface area (Å²) in [6.07, 6.45) is 1.78. The van der Waals surface area contributed by atoms with E-state index < -0.39 is 0 Å². The molecule has 18 heavy (non-hydrogen) atoms. The Hall–Kier alpha value is -1.13. The molecule has 0 amide bonds. The van der Waals surface area contributed by atoms with Crippen LogP contribution in [0.2, 0.25) is 0 Å². The van der Waals surface area contributed by atoms with Gasteiger partial charge < -0.3 is 9.73 Å². The number of benzene rings is 1. The molecule has 0 aliphatic carbocycles. The van der Waals surface area contributed by atoms with E-state index in [1.165, 1.54) is 5.56 Å². The number of hydrogen-bond acceptors (Lipinski definition) is 3. The molecule has 0 radical (unpaired) electrons. The van der Waals surface area contributed by atoms with Crippen LogP contribution in [-0.2, 0) is 6.54 Å². The lowest BCUT2D eigenvalue weighted by molar-refractivity contribution is 0.459. The van der Waals surface area contributed by atoms with E-state index in [1.807, 2.05) is 6.07 Å². The van der Waals surface area contributed by atoms with Crippen LogP contribution in [0.25, 0.3) is 11.3 Å². The third-order valence-electron chi connectivity index (χ3n) is 2.68. The summed E-state index contributed by atoms with van der Waals surface area (Å²) in [5.41, 5.74) is 2.25. The third-order valence-corrected chi connectivity index (χ3v) is 3.17. The molecule has 1 aromatic carbocycles. The maximum atomic E-state index is 5.76. The SMILES string of the molecule is Cc1ccc(Br)cc1-c1cnc(CNC(C)C)o1. The molecule has 2 aromatic rings. The normalized spacial score (nSPS) is 11.2. The zero-order chi connectivity index (χ0) is 13.1. The zero-order valence-electron chi connectivity index (χ0n) is 10.8. The van der Waals surface area contributed by atoms with Crippen molar-refractivity contribution in [1.82, 2.24) is 10.3 Å². The van der Waals surface area contributed by atoms with E-state index in [0.29, 0.717) is 12.6 Å². The van der Waals surface area contributed by atoms with E-state index in [2.05, 4.69) is 59.1 Å². The van der Waals surface area contributed by atoms with Crippen LogP contribution in [0.5, 0.6) is 0 Å². The van der Waals surface area contributed by atoms with E-state index in [-0.39, 0.29) is 0 Å². The molecule has 0 atom stereocenters. The summed E-state index contributed by atoms with van der Waals surface area (Å²) in [5.74, 6) is 1.53. The van der Waals surface area contributed by atoms with Gasteiger partial charge in [-0.25, -0.2) is 4.98 Å². The highest BCUT2D eigenvalue weighted by Crippen LogP contribution is 2.27. The number of nitrogens with zero attached hydrogens (tertiary/aromatic N) is 1. The average Bonchev–Trinajstić information content (AvgIpc) is 2.78. The molecule has 1 aromatic heterocycles. The Labute approximate surface area is 116 Å². The second kappa shape index (κ2) is 5.67. The van der Waals surface area contributed by atoms with Crippen molar-refractivity contribution in [3.8, 4) is 11.3 Å². The highest BCUT2D eigenvalue weighted by Gasteiger charge is 2.09. The lowest BCUT2D eigenvalue weighted by Gasteiger charge is -2.05. The fourth-order valence-corrected chi connectivity index (χ4v) is 2.03. The Balaban J connectivity index is 2.21. The first-order chi connectivity index (χ1) is 8.56. The van der Waals surface area contributed by atoms with Crippen molar-refractivity contribution in [2.45, 2.75) is 33.4 Å². The van der Waals surface area contributed by atoms with Crippen molar-refractivity contribution in [3.63, 3.8) is 0 Å². The van der Waals surface area contributed by atoms with Gasteiger partial charge in [0, 0.05) is 16.1 Å². The van der Waals surface area contributed by atoms with Crippen LogP contribution in [-0.4, -0.2) is 11.0 Å². The molecule has 0 spiro atoms. The predicted molar refractivity (Wildman–Crippen MR) is 76.4 cm³/mol. The largest absolute Gasteiger partial charge is 0.439 e. The standard InChI is InChI=1S/C14H17BrN2O/c1-9(2)16-8-14-17-7-13(18-14)12-6-11(15)5-4-10(12)3/h4-7,9,16H,8H2,1-3H3. The highest BCUT2D eigenvalue weighted by atomic mass is 79.9. The summed E-state index contributed by atoms with van der Waals surface area (Å²) >= 11 is 3.48. The van der Waals surface area contributed by atoms with Gasteiger partial charge in [-0.1, -0.05) is 35.8 Å². The number of halogens is 1. The van der Waals surface area contributed by atoms with Crippen molar-refractivity contribution in [2.75, 3.05) is 0 Å². The maximum absolute atomic E-state index is 5.76. The van der Waals surface area contributed by atoms with Gasteiger partial charge in [0.15, 0.2) is 5.76 Å². The molecule has 96 valence electrons. The van der Waals surface area contributed by atoms with Crippen LogP contribution < -0.4 is 5.32 Å².